The fraction of sp³-hybridized carbons (Fsp3) is 0.267. The van der Waals surface area contributed by atoms with Gasteiger partial charge in [-0.2, -0.15) is 0 Å². The van der Waals surface area contributed by atoms with Gasteiger partial charge in [-0.3, -0.25) is 0 Å². The molecule has 0 fully saturated rings. The zero-order valence-electron chi connectivity index (χ0n) is 10.1. The van der Waals surface area contributed by atoms with Gasteiger partial charge in [0.2, 0.25) is 5.88 Å². The lowest BCUT2D eigenvalue weighted by atomic mass is 10.1. The van der Waals surface area contributed by atoms with Gasteiger partial charge in [-0.1, -0.05) is 38.0 Å². The van der Waals surface area contributed by atoms with Crippen LogP contribution in [0.5, 0.6) is 5.88 Å². The maximum atomic E-state index is 5.51. The molecule has 1 aromatic carbocycles. The molecule has 2 heteroatoms. The molecule has 1 heterocycles. The van der Waals surface area contributed by atoms with Crippen LogP contribution in [-0.2, 0) is 0 Å². The van der Waals surface area contributed by atoms with Crippen LogP contribution in [0.25, 0.3) is 10.8 Å². The summed E-state index contributed by atoms with van der Waals surface area (Å²) in [5, 5.41) is 2.14. The first-order chi connectivity index (χ1) is 8.22. The highest BCUT2D eigenvalue weighted by Gasteiger charge is 2.08. The molecule has 0 N–H and O–H groups in total. The second kappa shape index (κ2) is 4.88. The first kappa shape index (κ1) is 11.5. The molecular formula is C15H15NO. The first-order valence-corrected chi connectivity index (χ1v) is 5.68. The van der Waals surface area contributed by atoms with E-state index in [-0.39, 0.29) is 6.61 Å². The zero-order chi connectivity index (χ0) is 12.3. The molecule has 0 radical (unpaired) electrons. The third kappa shape index (κ3) is 2.39. The average molecular weight is 225 g/mol. The maximum Gasteiger partial charge on any atom is 0.222 e. The molecule has 0 amide bonds. The molecule has 0 saturated heterocycles. The smallest absolute Gasteiger partial charge is 0.222 e. The summed E-state index contributed by atoms with van der Waals surface area (Å²) in [6.07, 6.45) is 5.22. The molecule has 0 saturated carbocycles. The number of pyridine rings is 1. The van der Waals surface area contributed by atoms with Gasteiger partial charge in [0.15, 0.2) is 6.61 Å². The van der Waals surface area contributed by atoms with E-state index in [1.54, 1.807) is 0 Å². The number of fused-ring (bicyclic) bond motifs is 1. The summed E-state index contributed by atoms with van der Waals surface area (Å²) in [7, 11) is 0. The van der Waals surface area contributed by atoms with Crippen molar-refractivity contribution < 1.29 is 4.74 Å². The number of benzene rings is 1. The van der Waals surface area contributed by atoms with Crippen LogP contribution in [0.1, 0.15) is 25.5 Å². The molecule has 17 heavy (non-hydrogen) atoms. The Bertz CT molecular complexity index is 567. The molecule has 2 aromatic rings. The van der Waals surface area contributed by atoms with Gasteiger partial charge < -0.3 is 4.74 Å². The SMILES string of the molecule is C#CCOc1nc(C(C)C)cc2ccccc12. The van der Waals surface area contributed by atoms with Crippen LogP contribution in [0.15, 0.2) is 30.3 Å². The molecule has 0 aliphatic rings. The molecule has 0 unspecified atom stereocenters. The minimum atomic E-state index is 0.249. The van der Waals surface area contributed by atoms with Gasteiger partial charge in [0.05, 0.1) is 0 Å². The summed E-state index contributed by atoms with van der Waals surface area (Å²) in [6.45, 7) is 4.47. The number of nitrogens with zero attached hydrogens (tertiary/aromatic N) is 1. The first-order valence-electron chi connectivity index (χ1n) is 5.68. The van der Waals surface area contributed by atoms with Crippen molar-refractivity contribution in [3.8, 4) is 18.2 Å². The van der Waals surface area contributed by atoms with Crippen LogP contribution in [0, 0.1) is 12.3 Å². The summed E-state index contributed by atoms with van der Waals surface area (Å²) in [6, 6.07) is 10.1. The molecule has 0 atom stereocenters. The molecule has 2 rings (SSSR count). The Balaban J connectivity index is 2.57. The van der Waals surface area contributed by atoms with E-state index in [1.165, 1.54) is 0 Å². The lowest BCUT2D eigenvalue weighted by molar-refractivity contribution is 0.359. The fourth-order valence-corrected chi connectivity index (χ4v) is 1.70. The minimum Gasteiger partial charge on any atom is -0.464 e. The van der Waals surface area contributed by atoms with Crippen molar-refractivity contribution in [1.29, 1.82) is 0 Å². The van der Waals surface area contributed by atoms with Gasteiger partial charge in [0.1, 0.15) is 0 Å². The lowest BCUT2D eigenvalue weighted by Crippen LogP contribution is -2.01. The van der Waals surface area contributed by atoms with Crippen LogP contribution in [0.2, 0.25) is 0 Å². The van der Waals surface area contributed by atoms with Crippen molar-refractivity contribution >= 4 is 10.8 Å². The normalized spacial score (nSPS) is 10.5. The van der Waals surface area contributed by atoms with Crippen molar-refractivity contribution in [2.75, 3.05) is 6.61 Å². The van der Waals surface area contributed by atoms with E-state index >= 15 is 0 Å². The fourth-order valence-electron chi connectivity index (χ4n) is 1.70. The predicted molar refractivity (Wildman–Crippen MR) is 70.2 cm³/mol. The summed E-state index contributed by atoms with van der Waals surface area (Å²) in [5.74, 6) is 3.47. The average Bonchev–Trinajstić information content (AvgIpc) is 2.35. The van der Waals surface area contributed by atoms with E-state index in [0.29, 0.717) is 11.8 Å². The molecule has 0 bridgehead atoms. The highest BCUT2D eigenvalue weighted by Crippen LogP contribution is 2.27. The van der Waals surface area contributed by atoms with Gasteiger partial charge in [-0.05, 0) is 23.4 Å². The number of rotatable bonds is 3. The van der Waals surface area contributed by atoms with Gasteiger partial charge in [0, 0.05) is 11.1 Å². The van der Waals surface area contributed by atoms with E-state index in [4.69, 9.17) is 11.2 Å². The predicted octanol–water partition coefficient (Wildman–Crippen LogP) is 3.37. The third-order valence-corrected chi connectivity index (χ3v) is 2.61. The molecule has 2 nitrogen and oxygen atoms in total. The number of aromatic nitrogens is 1. The van der Waals surface area contributed by atoms with E-state index in [0.717, 1.165) is 16.5 Å². The molecule has 0 aliphatic heterocycles. The Kier molecular flexibility index (Phi) is 3.30. The molecular weight excluding hydrogens is 210 g/mol. The Morgan fingerprint density at radius 1 is 1.35 bits per heavy atom. The van der Waals surface area contributed by atoms with Gasteiger partial charge in [-0.15, -0.1) is 6.42 Å². The highest BCUT2D eigenvalue weighted by atomic mass is 16.5. The van der Waals surface area contributed by atoms with E-state index in [9.17, 15) is 0 Å². The largest absolute Gasteiger partial charge is 0.464 e. The number of hydrogen-bond donors (Lipinski definition) is 0. The van der Waals surface area contributed by atoms with Crippen molar-refractivity contribution in [2.45, 2.75) is 19.8 Å². The Morgan fingerprint density at radius 3 is 2.82 bits per heavy atom. The molecule has 1 aromatic heterocycles. The van der Waals surface area contributed by atoms with Gasteiger partial charge in [-0.25, -0.2) is 4.98 Å². The zero-order valence-corrected chi connectivity index (χ0v) is 10.1. The van der Waals surface area contributed by atoms with Crippen LogP contribution < -0.4 is 4.74 Å². The summed E-state index contributed by atoms with van der Waals surface area (Å²) in [5.41, 5.74) is 1.02. The summed E-state index contributed by atoms with van der Waals surface area (Å²) in [4.78, 5) is 4.52. The van der Waals surface area contributed by atoms with Gasteiger partial charge >= 0.3 is 0 Å². The minimum absolute atomic E-state index is 0.249. The monoisotopic (exact) mass is 225 g/mol. The van der Waals surface area contributed by atoms with E-state index < -0.39 is 0 Å². The number of ether oxygens (including phenoxy) is 1. The molecule has 0 spiro atoms. The van der Waals surface area contributed by atoms with Crippen LogP contribution in [-0.4, -0.2) is 11.6 Å². The van der Waals surface area contributed by atoms with E-state index in [1.807, 2.05) is 18.2 Å². The second-order valence-corrected chi connectivity index (χ2v) is 4.22. The summed E-state index contributed by atoms with van der Waals surface area (Å²) < 4.78 is 5.51. The topological polar surface area (TPSA) is 22.1 Å². The molecule has 86 valence electrons. The second-order valence-electron chi connectivity index (χ2n) is 4.22. The Morgan fingerprint density at radius 2 is 2.12 bits per heavy atom. The van der Waals surface area contributed by atoms with Crippen LogP contribution in [0.4, 0.5) is 0 Å². The van der Waals surface area contributed by atoms with Crippen molar-refractivity contribution in [3.05, 3.63) is 36.0 Å². The Hall–Kier alpha value is -2.01. The van der Waals surface area contributed by atoms with Gasteiger partial charge in [0.25, 0.3) is 0 Å². The Labute approximate surface area is 102 Å². The summed E-state index contributed by atoms with van der Waals surface area (Å²) >= 11 is 0. The van der Waals surface area contributed by atoms with E-state index in [2.05, 4.69) is 36.9 Å². The standard InChI is InChI=1S/C15H15NO/c1-4-9-17-15-13-8-6-5-7-12(13)10-14(16-15)11(2)3/h1,5-8,10-11H,9H2,2-3H3. The van der Waals surface area contributed by atoms with Crippen LogP contribution in [0.3, 0.4) is 0 Å². The highest BCUT2D eigenvalue weighted by molar-refractivity contribution is 5.87. The molecule has 0 aliphatic carbocycles. The van der Waals surface area contributed by atoms with Crippen LogP contribution >= 0.6 is 0 Å². The van der Waals surface area contributed by atoms with Crippen molar-refractivity contribution in [2.24, 2.45) is 0 Å². The number of terminal acetylenes is 1. The number of hydrogen-bond acceptors (Lipinski definition) is 2. The van der Waals surface area contributed by atoms with Crippen molar-refractivity contribution in [1.82, 2.24) is 4.98 Å². The lowest BCUT2D eigenvalue weighted by Gasteiger charge is -2.11. The van der Waals surface area contributed by atoms with Crippen molar-refractivity contribution in [3.63, 3.8) is 0 Å². The quantitative estimate of drug-likeness (QED) is 0.747. The maximum absolute atomic E-state index is 5.51. The third-order valence-electron chi connectivity index (χ3n) is 2.61.